The fraction of sp³-hybridized carbons (Fsp3) is 0.387. The van der Waals surface area contributed by atoms with Crippen LogP contribution in [0.25, 0.3) is 10.8 Å². The molecule has 3 aromatic carbocycles. The SMILES string of the molecule is COc1cc2ccc(S(=O)(=O)N[C@@H](CCCN=C(N)N)C(=O)N(CC(=O)OC(C)(C)C)Cc3ccccc3)cc2cc1OC. The minimum atomic E-state index is -4.22. The fourth-order valence-electron chi connectivity index (χ4n) is 4.48. The Kier molecular flexibility index (Phi) is 11.5. The summed E-state index contributed by atoms with van der Waals surface area (Å²) in [5.41, 5.74) is 10.9. The van der Waals surface area contributed by atoms with Gasteiger partial charge in [0.05, 0.1) is 19.1 Å². The van der Waals surface area contributed by atoms with E-state index in [9.17, 15) is 18.0 Å². The molecule has 3 aromatic rings. The molecule has 0 saturated carbocycles. The minimum Gasteiger partial charge on any atom is -0.493 e. The zero-order valence-corrected chi connectivity index (χ0v) is 26.5. The number of amides is 1. The Labute approximate surface area is 258 Å². The normalized spacial score (nSPS) is 12.3. The van der Waals surface area contributed by atoms with Gasteiger partial charge in [0.25, 0.3) is 0 Å². The van der Waals surface area contributed by atoms with Gasteiger partial charge in [-0.2, -0.15) is 4.72 Å². The molecule has 238 valence electrons. The number of fused-ring (bicyclic) bond motifs is 1. The fourth-order valence-corrected chi connectivity index (χ4v) is 5.74. The predicted octanol–water partition coefficient (Wildman–Crippen LogP) is 2.93. The van der Waals surface area contributed by atoms with E-state index in [-0.39, 0.29) is 43.3 Å². The van der Waals surface area contributed by atoms with Crippen LogP contribution in [0.1, 0.15) is 39.2 Å². The maximum atomic E-state index is 14.0. The van der Waals surface area contributed by atoms with Crippen molar-refractivity contribution in [2.24, 2.45) is 16.5 Å². The van der Waals surface area contributed by atoms with Crippen molar-refractivity contribution >= 4 is 38.6 Å². The lowest BCUT2D eigenvalue weighted by Gasteiger charge is -2.29. The van der Waals surface area contributed by atoms with Gasteiger partial charge in [-0.3, -0.25) is 14.6 Å². The predicted molar refractivity (Wildman–Crippen MR) is 169 cm³/mol. The highest BCUT2D eigenvalue weighted by Gasteiger charge is 2.31. The third-order valence-corrected chi connectivity index (χ3v) is 7.90. The molecule has 0 unspecified atom stereocenters. The van der Waals surface area contributed by atoms with E-state index in [1.807, 2.05) is 30.3 Å². The van der Waals surface area contributed by atoms with Gasteiger partial charge in [-0.05, 0) is 74.2 Å². The molecule has 13 heteroatoms. The highest BCUT2D eigenvalue weighted by Crippen LogP contribution is 2.33. The zero-order valence-electron chi connectivity index (χ0n) is 25.7. The maximum absolute atomic E-state index is 14.0. The van der Waals surface area contributed by atoms with Gasteiger partial charge >= 0.3 is 5.97 Å². The van der Waals surface area contributed by atoms with Crippen molar-refractivity contribution in [1.82, 2.24) is 9.62 Å². The average Bonchev–Trinajstić information content (AvgIpc) is 2.96. The van der Waals surface area contributed by atoms with Gasteiger partial charge < -0.3 is 30.6 Å². The van der Waals surface area contributed by atoms with Crippen molar-refractivity contribution < 1.29 is 32.2 Å². The first-order valence-electron chi connectivity index (χ1n) is 14.0. The molecule has 12 nitrogen and oxygen atoms in total. The molecule has 0 heterocycles. The summed E-state index contributed by atoms with van der Waals surface area (Å²) in [6.07, 6.45) is 0.351. The molecule has 0 aliphatic rings. The Morgan fingerprint density at radius 2 is 1.59 bits per heavy atom. The van der Waals surface area contributed by atoms with Crippen molar-refractivity contribution in [2.75, 3.05) is 27.3 Å². The summed E-state index contributed by atoms with van der Waals surface area (Å²) in [6.45, 7) is 5.03. The molecule has 0 aliphatic carbocycles. The van der Waals surface area contributed by atoms with E-state index in [1.54, 1.807) is 39.0 Å². The number of nitrogens with zero attached hydrogens (tertiary/aromatic N) is 2. The zero-order chi connectivity index (χ0) is 32.5. The molecule has 0 bridgehead atoms. The van der Waals surface area contributed by atoms with Gasteiger partial charge in [0.15, 0.2) is 17.5 Å². The highest BCUT2D eigenvalue weighted by atomic mass is 32.2. The number of methoxy groups -OCH3 is 2. The van der Waals surface area contributed by atoms with E-state index < -0.39 is 33.5 Å². The van der Waals surface area contributed by atoms with Crippen LogP contribution in [-0.4, -0.2) is 70.1 Å². The van der Waals surface area contributed by atoms with E-state index in [1.165, 1.54) is 31.3 Å². The molecule has 0 fully saturated rings. The second-order valence-electron chi connectivity index (χ2n) is 11.1. The number of sulfonamides is 1. The molecule has 1 atom stereocenters. The Morgan fingerprint density at radius 1 is 0.955 bits per heavy atom. The van der Waals surface area contributed by atoms with Crippen LogP contribution >= 0.6 is 0 Å². The molecule has 0 spiro atoms. The number of carbonyl (C=O) groups excluding carboxylic acids is 2. The second-order valence-corrected chi connectivity index (χ2v) is 12.8. The van der Waals surface area contributed by atoms with Gasteiger partial charge in [-0.15, -0.1) is 0 Å². The largest absolute Gasteiger partial charge is 0.493 e. The van der Waals surface area contributed by atoms with Crippen molar-refractivity contribution in [1.29, 1.82) is 0 Å². The van der Waals surface area contributed by atoms with E-state index in [0.29, 0.717) is 16.9 Å². The third kappa shape index (κ3) is 9.85. The Balaban J connectivity index is 1.97. The minimum absolute atomic E-state index is 0.0546. The van der Waals surface area contributed by atoms with Crippen LogP contribution in [0.2, 0.25) is 0 Å². The Bertz CT molecular complexity index is 1580. The van der Waals surface area contributed by atoms with Crippen LogP contribution in [-0.2, 0) is 30.9 Å². The maximum Gasteiger partial charge on any atom is 0.326 e. The third-order valence-electron chi connectivity index (χ3n) is 6.43. The molecule has 3 rings (SSSR count). The molecular formula is C31H41N5O7S. The number of aliphatic imine (C=N–C) groups is 1. The van der Waals surface area contributed by atoms with Crippen LogP contribution in [0.4, 0.5) is 0 Å². The van der Waals surface area contributed by atoms with Gasteiger partial charge in [0.1, 0.15) is 18.2 Å². The summed E-state index contributed by atoms with van der Waals surface area (Å²) in [7, 11) is -1.22. The van der Waals surface area contributed by atoms with E-state index in [2.05, 4.69) is 9.71 Å². The smallest absolute Gasteiger partial charge is 0.326 e. The number of guanidine groups is 1. The molecular weight excluding hydrogens is 586 g/mol. The number of nitrogens with one attached hydrogen (secondary N) is 1. The molecule has 0 aromatic heterocycles. The van der Waals surface area contributed by atoms with Crippen molar-refractivity contribution in [2.45, 2.75) is 56.7 Å². The van der Waals surface area contributed by atoms with Crippen LogP contribution in [0, 0.1) is 0 Å². The summed E-state index contributed by atoms with van der Waals surface area (Å²) >= 11 is 0. The Hall–Kier alpha value is -4.36. The van der Waals surface area contributed by atoms with Gasteiger partial charge in [-0.1, -0.05) is 36.4 Å². The number of ether oxygens (including phenoxy) is 3. The topological polar surface area (TPSA) is 176 Å². The number of hydrogen-bond acceptors (Lipinski definition) is 8. The summed E-state index contributed by atoms with van der Waals surface area (Å²) in [5, 5.41) is 1.33. The molecule has 0 saturated heterocycles. The van der Waals surface area contributed by atoms with Crippen molar-refractivity contribution in [3.8, 4) is 11.5 Å². The number of nitrogens with two attached hydrogens (primary N) is 2. The lowest BCUT2D eigenvalue weighted by atomic mass is 10.1. The first-order chi connectivity index (χ1) is 20.7. The molecule has 0 aliphatic heterocycles. The van der Waals surface area contributed by atoms with Crippen molar-refractivity contribution in [3.63, 3.8) is 0 Å². The quantitative estimate of drug-likeness (QED) is 0.105. The number of hydrogen-bond donors (Lipinski definition) is 3. The highest BCUT2D eigenvalue weighted by molar-refractivity contribution is 7.89. The lowest BCUT2D eigenvalue weighted by Crippen LogP contribution is -2.50. The van der Waals surface area contributed by atoms with E-state index in [4.69, 9.17) is 25.7 Å². The number of rotatable bonds is 14. The van der Waals surface area contributed by atoms with E-state index in [0.717, 1.165) is 10.9 Å². The summed E-state index contributed by atoms with van der Waals surface area (Å²) in [4.78, 5) is 32.0. The monoisotopic (exact) mass is 627 g/mol. The van der Waals surface area contributed by atoms with Gasteiger partial charge in [-0.25, -0.2) is 8.42 Å². The molecule has 0 radical (unpaired) electrons. The van der Waals surface area contributed by atoms with Crippen molar-refractivity contribution in [3.05, 3.63) is 66.2 Å². The molecule has 44 heavy (non-hydrogen) atoms. The first kappa shape index (κ1) is 34.1. The lowest BCUT2D eigenvalue weighted by molar-refractivity contribution is -0.159. The summed E-state index contributed by atoms with van der Waals surface area (Å²) < 4.78 is 46.2. The van der Waals surface area contributed by atoms with Crippen LogP contribution in [0.3, 0.4) is 0 Å². The standard InChI is InChI=1S/C31H41N5O7S/c1-31(2,3)43-28(37)20-36(19-21-10-7-6-8-11-21)29(38)25(12-9-15-34-30(32)33)35-44(39,40)24-14-13-22-17-26(41-4)27(42-5)18-23(22)16-24/h6-8,10-11,13-14,16-18,25,35H,9,12,15,19-20H2,1-5H3,(H4,32,33,34)/t25-/m0/s1. The average molecular weight is 628 g/mol. The van der Waals surface area contributed by atoms with Crippen LogP contribution in [0.5, 0.6) is 11.5 Å². The Morgan fingerprint density at radius 3 is 2.18 bits per heavy atom. The van der Waals surface area contributed by atoms with Gasteiger partial charge in [0.2, 0.25) is 15.9 Å². The first-order valence-corrected chi connectivity index (χ1v) is 15.5. The number of benzene rings is 3. The summed E-state index contributed by atoms with van der Waals surface area (Å²) in [6, 6.07) is 15.8. The van der Waals surface area contributed by atoms with Crippen LogP contribution < -0.4 is 25.7 Å². The summed E-state index contributed by atoms with van der Waals surface area (Å²) in [5.74, 6) is -0.395. The number of carbonyl (C=O) groups is 2. The molecule has 1 amide bonds. The number of esters is 1. The molecule has 5 N–H and O–H groups in total. The second kappa shape index (κ2) is 14.9. The van der Waals surface area contributed by atoms with Gasteiger partial charge in [0, 0.05) is 13.1 Å². The van der Waals surface area contributed by atoms with Crippen LogP contribution in [0.15, 0.2) is 70.6 Å². The van der Waals surface area contributed by atoms with E-state index >= 15 is 0 Å².